The molecule has 1 aliphatic rings. The van der Waals surface area contributed by atoms with Gasteiger partial charge in [0.15, 0.2) is 0 Å². The molecule has 3 rings (SSSR count). The zero-order chi connectivity index (χ0) is 20.3. The van der Waals surface area contributed by atoms with Crippen molar-refractivity contribution in [2.75, 3.05) is 13.1 Å². The third kappa shape index (κ3) is 4.32. The number of carbonyl (C=O) groups is 1. The molecule has 1 heterocycles. The molecule has 1 saturated heterocycles. The van der Waals surface area contributed by atoms with Crippen LogP contribution in [0.3, 0.4) is 0 Å². The lowest BCUT2D eigenvalue weighted by Gasteiger charge is -2.15. The molecule has 0 atom stereocenters. The first kappa shape index (κ1) is 20.2. The minimum Gasteiger partial charge on any atom is -0.348 e. The number of hydrogen-bond donors (Lipinski definition) is 1. The summed E-state index contributed by atoms with van der Waals surface area (Å²) in [4.78, 5) is 22.6. The Balaban J connectivity index is 1.65. The maximum absolute atomic E-state index is 12.5. The molecule has 2 aromatic rings. The Bertz CT molecular complexity index is 1000. The summed E-state index contributed by atoms with van der Waals surface area (Å²) in [5.41, 5.74) is 0.642. The number of benzene rings is 2. The summed E-state index contributed by atoms with van der Waals surface area (Å²) in [5, 5.41) is 13.4. The van der Waals surface area contributed by atoms with E-state index in [0.717, 1.165) is 18.9 Å². The molecule has 0 radical (unpaired) electrons. The minimum atomic E-state index is -3.47. The van der Waals surface area contributed by atoms with E-state index in [4.69, 9.17) is 11.6 Å². The Kier molecular flexibility index (Phi) is 5.97. The third-order valence-electron chi connectivity index (χ3n) is 4.49. The predicted molar refractivity (Wildman–Crippen MR) is 104 cm³/mol. The number of nitrogens with zero attached hydrogens (tertiary/aromatic N) is 2. The Labute approximate surface area is 167 Å². The highest BCUT2D eigenvalue weighted by Crippen LogP contribution is 2.23. The number of hydrogen-bond acceptors (Lipinski definition) is 5. The monoisotopic (exact) mass is 423 g/mol. The van der Waals surface area contributed by atoms with Gasteiger partial charge in [0, 0.05) is 31.8 Å². The van der Waals surface area contributed by atoms with Crippen LogP contribution < -0.4 is 5.32 Å². The summed E-state index contributed by atoms with van der Waals surface area (Å²) in [5.74, 6) is -0.478. The van der Waals surface area contributed by atoms with Crippen LogP contribution in [0.25, 0.3) is 0 Å². The summed E-state index contributed by atoms with van der Waals surface area (Å²) < 4.78 is 26.5. The van der Waals surface area contributed by atoms with Gasteiger partial charge in [-0.2, -0.15) is 4.31 Å². The maximum Gasteiger partial charge on any atom is 0.270 e. The van der Waals surface area contributed by atoms with E-state index in [1.165, 1.54) is 28.6 Å². The van der Waals surface area contributed by atoms with Crippen molar-refractivity contribution in [3.63, 3.8) is 0 Å². The van der Waals surface area contributed by atoms with E-state index in [1.54, 1.807) is 12.1 Å². The van der Waals surface area contributed by atoms with Crippen molar-refractivity contribution < 1.29 is 18.1 Å². The first-order valence-electron chi connectivity index (χ1n) is 8.60. The summed E-state index contributed by atoms with van der Waals surface area (Å²) in [6.45, 7) is 1.24. The number of carbonyl (C=O) groups excluding carboxylic acids is 1. The van der Waals surface area contributed by atoms with Gasteiger partial charge >= 0.3 is 0 Å². The average molecular weight is 424 g/mol. The standard InChI is InChI=1S/C18H18ClN3O5S/c19-17-11-14(22(24)25)5-8-16(17)18(23)20-12-13-3-6-15(7-4-13)28(26,27)21-9-1-2-10-21/h3-8,11H,1-2,9-10,12H2,(H,20,23). The van der Waals surface area contributed by atoms with Crippen molar-refractivity contribution in [2.24, 2.45) is 0 Å². The normalized spacial score (nSPS) is 14.8. The molecular weight excluding hydrogens is 406 g/mol. The Morgan fingerprint density at radius 1 is 1.14 bits per heavy atom. The van der Waals surface area contributed by atoms with Gasteiger partial charge in [0.1, 0.15) is 0 Å². The second-order valence-electron chi connectivity index (χ2n) is 6.36. The number of sulfonamides is 1. The fourth-order valence-corrected chi connectivity index (χ4v) is 4.71. The van der Waals surface area contributed by atoms with Gasteiger partial charge in [-0.3, -0.25) is 14.9 Å². The number of amides is 1. The molecule has 1 amide bonds. The molecular formula is C18H18ClN3O5S. The van der Waals surface area contributed by atoms with Gasteiger partial charge in [-0.1, -0.05) is 23.7 Å². The first-order chi connectivity index (χ1) is 13.3. The second-order valence-corrected chi connectivity index (χ2v) is 8.70. The number of rotatable bonds is 6. The lowest BCUT2D eigenvalue weighted by molar-refractivity contribution is -0.384. The van der Waals surface area contributed by atoms with Crippen molar-refractivity contribution >= 4 is 33.2 Å². The molecule has 0 unspecified atom stereocenters. The van der Waals surface area contributed by atoms with Crippen LogP contribution in [0, 0.1) is 10.1 Å². The zero-order valence-electron chi connectivity index (χ0n) is 14.8. The summed E-state index contributed by atoms with van der Waals surface area (Å²) in [6.07, 6.45) is 1.74. The van der Waals surface area contributed by atoms with Gasteiger partial charge in [0.25, 0.3) is 11.6 Å². The number of nitro groups is 1. The molecule has 1 N–H and O–H groups in total. The predicted octanol–water partition coefficient (Wildman–Crippen LogP) is 2.96. The van der Waals surface area contributed by atoms with Crippen LogP contribution in [0.1, 0.15) is 28.8 Å². The van der Waals surface area contributed by atoms with E-state index in [2.05, 4.69) is 5.32 Å². The van der Waals surface area contributed by atoms with Gasteiger partial charge in [-0.05, 0) is 36.6 Å². The van der Waals surface area contributed by atoms with Crippen molar-refractivity contribution in [1.82, 2.24) is 9.62 Å². The molecule has 2 aromatic carbocycles. The van der Waals surface area contributed by atoms with Gasteiger partial charge in [0.2, 0.25) is 10.0 Å². The van der Waals surface area contributed by atoms with Crippen molar-refractivity contribution in [2.45, 2.75) is 24.3 Å². The molecule has 10 heteroatoms. The van der Waals surface area contributed by atoms with Crippen LogP contribution in [-0.4, -0.2) is 36.6 Å². The highest BCUT2D eigenvalue weighted by atomic mass is 35.5. The molecule has 28 heavy (non-hydrogen) atoms. The van der Waals surface area contributed by atoms with E-state index >= 15 is 0 Å². The van der Waals surface area contributed by atoms with Crippen molar-refractivity contribution in [3.8, 4) is 0 Å². The molecule has 0 saturated carbocycles. The van der Waals surface area contributed by atoms with Crippen LogP contribution in [0.2, 0.25) is 5.02 Å². The number of nitro benzene ring substituents is 1. The highest BCUT2D eigenvalue weighted by molar-refractivity contribution is 7.89. The van der Waals surface area contributed by atoms with Crippen LogP contribution in [-0.2, 0) is 16.6 Å². The van der Waals surface area contributed by atoms with E-state index in [0.29, 0.717) is 18.7 Å². The quantitative estimate of drug-likeness (QED) is 0.567. The average Bonchev–Trinajstić information content (AvgIpc) is 3.22. The van der Waals surface area contributed by atoms with E-state index in [1.807, 2.05) is 0 Å². The summed E-state index contributed by atoms with van der Waals surface area (Å²) in [7, 11) is -3.47. The first-order valence-corrected chi connectivity index (χ1v) is 10.4. The third-order valence-corrected chi connectivity index (χ3v) is 6.71. The van der Waals surface area contributed by atoms with Gasteiger partial charge in [-0.15, -0.1) is 0 Å². The molecule has 1 fully saturated rings. The van der Waals surface area contributed by atoms with Gasteiger partial charge < -0.3 is 5.32 Å². The minimum absolute atomic E-state index is 0.0150. The summed E-state index contributed by atoms with van der Waals surface area (Å²) in [6, 6.07) is 9.94. The molecule has 0 spiro atoms. The van der Waals surface area contributed by atoms with E-state index in [-0.39, 0.29) is 27.7 Å². The SMILES string of the molecule is O=C(NCc1ccc(S(=O)(=O)N2CCCC2)cc1)c1ccc([N+](=O)[O-])cc1Cl. The molecule has 8 nitrogen and oxygen atoms in total. The van der Waals surface area contributed by atoms with Gasteiger partial charge in [0.05, 0.1) is 20.4 Å². The second kappa shape index (κ2) is 8.26. The number of nitrogens with one attached hydrogen (secondary N) is 1. The smallest absolute Gasteiger partial charge is 0.270 e. The Morgan fingerprint density at radius 2 is 1.79 bits per heavy atom. The topological polar surface area (TPSA) is 110 Å². The lowest BCUT2D eigenvalue weighted by Crippen LogP contribution is -2.28. The molecule has 1 aliphatic heterocycles. The number of non-ortho nitro benzene ring substituents is 1. The summed E-state index contributed by atoms with van der Waals surface area (Å²) >= 11 is 5.95. The van der Waals surface area contributed by atoms with Crippen LogP contribution in [0.5, 0.6) is 0 Å². The van der Waals surface area contributed by atoms with Crippen LogP contribution >= 0.6 is 11.6 Å². The van der Waals surface area contributed by atoms with Crippen LogP contribution in [0.4, 0.5) is 5.69 Å². The fraction of sp³-hybridized carbons (Fsp3) is 0.278. The molecule has 0 aromatic heterocycles. The van der Waals surface area contributed by atoms with E-state index in [9.17, 15) is 23.3 Å². The van der Waals surface area contributed by atoms with Gasteiger partial charge in [-0.25, -0.2) is 8.42 Å². The Morgan fingerprint density at radius 3 is 2.36 bits per heavy atom. The largest absolute Gasteiger partial charge is 0.348 e. The van der Waals surface area contributed by atoms with Crippen LogP contribution in [0.15, 0.2) is 47.4 Å². The van der Waals surface area contributed by atoms with Crippen molar-refractivity contribution in [1.29, 1.82) is 0 Å². The molecule has 148 valence electrons. The maximum atomic E-state index is 12.5. The van der Waals surface area contributed by atoms with E-state index < -0.39 is 20.9 Å². The zero-order valence-corrected chi connectivity index (χ0v) is 16.4. The Hall–Kier alpha value is -2.49. The number of halogens is 1. The molecule has 0 bridgehead atoms. The highest BCUT2D eigenvalue weighted by Gasteiger charge is 2.26. The molecule has 0 aliphatic carbocycles. The fourth-order valence-electron chi connectivity index (χ4n) is 2.94. The van der Waals surface area contributed by atoms with Crippen molar-refractivity contribution in [3.05, 3.63) is 68.7 Å². The lowest BCUT2D eigenvalue weighted by atomic mass is 10.1.